The molecule has 0 radical (unpaired) electrons. The minimum absolute atomic E-state index is 0. The van der Waals surface area contributed by atoms with E-state index in [2.05, 4.69) is 4.90 Å². The highest BCUT2D eigenvalue weighted by Gasteiger charge is 2.35. The predicted molar refractivity (Wildman–Crippen MR) is 94.8 cm³/mol. The zero-order valence-corrected chi connectivity index (χ0v) is 15.6. The summed E-state index contributed by atoms with van der Waals surface area (Å²) < 4.78 is 10.6. The van der Waals surface area contributed by atoms with Crippen molar-refractivity contribution in [2.24, 2.45) is 5.92 Å². The molecule has 24 heavy (non-hydrogen) atoms. The smallest absolute Gasteiger partial charge is 0.354 e. The van der Waals surface area contributed by atoms with Crippen LogP contribution in [0.3, 0.4) is 0 Å². The minimum Gasteiger partial charge on any atom is -0.462 e. The van der Waals surface area contributed by atoms with Crippen LogP contribution in [0.25, 0.3) is 0 Å². The number of carbonyl (C=O) groups excluding carboxylic acids is 2. The Kier molecular flexibility index (Phi) is 8.32. The molecule has 0 bridgehead atoms. The normalized spacial score (nSPS) is 19.7. The first-order valence-electron chi connectivity index (χ1n) is 8.53. The summed E-state index contributed by atoms with van der Waals surface area (Å²) in [5.74, 6) is -0.457. The first-order chi connectivity index (χ1) is 11.0. The summed E-state index contributed by atoms with van der Waals surface area (Å²) in [4.78, 5) is 26.4. The maximum Gasteiger partial charge on any atom is 0.354 e. The second kappa shape index (κ2) is 9.72. The van der Waals surface area contributed by atoms with E-state index in [0.29, 0.717) is 30.3 Å². The first kappa shape index (κ1) is 20.6. The number of ether oxygens (including phenoxy) is 2. The quantitative estimate of drug-likeness (QED) is 0.517. The van der Waals surface area contributed by atoms with Gasteiger partial charge in [0.25, 0.3) is 0 Å². The number of carbonyl (C=O) groups is 2. The average Bonchev–Trinajstić information content (AvgIpc) is 2.49. The fourth-order valence-corrected chi connectivity index (χ4v) is 2.79. The molecule has 2 heterocycles. The molecule has 1 unspecified atom stereocenters. The van der Waals surface area contributed by atoms with Crippen molar-refractivity contribution in [3.05, 3.63) is 23.4 Å². The van der Waals surface area contributed by atoms with Gasteiger partial charge in [0.15, 0.2) is 0 Å². The van der Waals surface area contributed by atoms with Gasteiger partial charge < -0.3 is 14.4 Å². The molecule has 0 N–H and O–H groups in total. The van der Waals surface area contributed by atoms with Gasteiger partial charge in [0.05, 0.1) is 12.2 Å². The summed E-state index contributed by atoms with van der Waals surface area (Å²) in [7, 11) is 0. The van der Waals surface area contributed by atoms with Crippen LogP contribution in [0.1, 0.15) is 46.5 Å². The molecule has 136 valence electrons. The molecule has 0 saturated carbocycles. The Bertz CT molecular complexity index is 513. The standard InChI is InChI=1S/C18H27NO4.ClH/c1-4-6-14(17(20)22-11-13(2)3)12-23-18(21)16-8-5-7-15-9-10-19(15)16;/h6,8,13,15H,4-5,7,9-12H2,1-3H3;1H. The predicted octanol–water partition coefficient (Wildman–Crippen LogP) is 3.24. The molecule has 6 heteroatoms. The lowest BCUT2D eigenvalue weighted by Crippen LogP contribution is -2.50. The summed E-state index contributed by atoms with van der Waals surface area (Å²) >= 11 is 0. The van der Waals surface area contributed by atoms with Crippen molar-refractivity contribution in [3.8, 4) is 0 Å². The molecule has 0 aromatic heterocycles. The van der Waals surface area contributed by atoms with E-state index in [0.717, 1.165) is 25.8 Å². The number of allylic oxidation sites excluding steroid dienone is 2. The molecule has 0 aromatic rings. The Hall–Kier alpha value is -1.49. The number of nitrogens with zero attached hydrogens (tertiary/aromatic N) is 1. The van der Waals surface area contributed by atoms with Crippen LogP contribution in [0.5, 0.6) is 0 Å². The van der Waals surface area contributed by atoms with E-state index < -0.39 is 5.97 Å². The molecule has 2 rings (SSSR count). The molecule has 0 amide bonds. The van der Waals surface area contributed by atoms with Gasteiger partial charge in [-0.2, -0.15) is 0 Å². The molecule has 2 aliphatic rings. The molecular formula is C18H28ClNO4. The van der Waals surface area contributed by atoms with Gasteiger partial charge in [0.2, 0.25) is 0 Å². The number of hydrogen-bond acceptors (Lipinski definition) is 5. The Morgan fingerprint density at radius 2 is 2.08 bits per heavy atom. The molecule has 1 atom stereocenters. The van der Waals surface area contributed by atoms with Crippen molar-refractivity contribution in [1.29, 1.82) is 0 Å². The molecule has 0 spiro atoms. The number of rotatable bonds is 7. The van der Waals surface area contributed by atoms with Crippen molar-refractivity contribution >= 4 is 24.3 Å². The topological polar surface area (TPSA) is 55.8 Å². The van der Waals surface area contributed by atoms with Gasteiger partial charge >= 0.3 is 11.9 Å². The van der Waals surface area contributed by atoms with E-state index in [9.17, 15) is 9.59 Å². The Morgan fingerprint density at radius 3 is 2.67 bits per heavy atom. The lowest BCUT2D eigenvalue weighted by atomic mass is 9.92. The van der Waals surface area contributed by atoms with E-state index in [1.165, 1.54) is 0 Å². The van der Waals surface area contributed by atoms with Crippen LogP contribution in [-0.2, 0) is 19.1 Å². The highest BCUT2D eigenvalue weighted by Crippen LogP contribution is 2.31. The van der Waals surface area contributed by atoms with E-state index >= 15 is 0 Å². The summed E-state index contributed by atoms with van der Waals surface area (Å²) in [6.45, 7) is 7.16. The minimum atomic E-state index is -0.396. The molecule has 1 saturated heterocycles. The van der Waals surface area contributed by atoms with Crippen molar-refractivity contribution in [2.45, 2.75) is 52.5 Å². The first-order valence-corrected chi connectivity index (χ1v) is 8.53. The second-order valence-electron chi connectivity index (χ2n) is 6.51. The van der Waals surface area contributed by atoms with Gasteiger partial charge in [-0.15, -0.1) is 12.4 Å². The van der Waals surface area contributed by atoms with Gasteiger partial charge in [0.1, 0.15) is 12.3 Å². The molecule has 0 aromatic carbocycles. The van der Waals surface area contributed by atoms with Gasteiger partial charge in [-0.25, -0.2) is 9.59 Å². The van der Waals surface area contributed by atoms with E-state index in [1.807, 2.05) is 26.8 Å². The summed E-state index contributed by atoms with van der Waals surface area (Å²) in [6, 6.07) is 0.490. The van der Waals surface area contributed by atoms with Crippen LogP contribution < -0.4 is 0 Å². The maximum atomic E-state index is 12.3. The molecule has 5 nitrogen and oxygen atoms in total. The fourth-order valence-electron chi connectivity index (χ4n) is 2.79. The summed E-state index contributed by atoms with van der Waals surface area (Å²) in [5, 5.41) is 0. The van der Waals surface area contributed by atoms with Crippen LogP contribution in [0.15, 0.2) is 23.4 Å². The number of esters is 2. The number of fused-ring (bicyclic) bond motifs is 1. The molecular weight excluding hydrogens is 330 g/mol. The van der Waals surface area contributed by atoms with Crippen molar-refractivity contribution < 1.29 is 19.1 Å². The van der Waals surface area contributed by atoms with Gasteiger partial charge in [0, 0.05) is 12.6 Å². The Morgan fingerprint density at radius 1 is 1.33 bits per heavy atom. The average molecular weight is 358 g/mol. The van der Waals surface area contributed by atoms with E-state index in [-0.39, 0.29) is 30.9 Å². The third-order valence-corrected chi connectivity index (χ3v) is 4.12. The van der Waals surface area contributed by atoms with E-state index in [1.54, 1.807) is 6.08 Å². The van der Waals surface area contributed by atoms with Crippen LogP contribution >= 0.6 is 12.4 Å². The van der Waals surface area contributed by atoms with Gasteiger partial charge in [-0.3, -0.25) is 0 Å². The molecule has 0 aliphatic carbocycles. The highest BCUT2D eigenvalue weighted by molar-refractivity contribution is 5.91. The van der Waals surface area contributed by atoms with Crippen molar-refractivity contribution in [2.75, 3.05) is 19.8 Å². The number of halogens is 1. The van der Waals surface area contributed by atoms with E-state index in [4.69, 9.17) is 9.47 Å². The largest absolute Gasteiger partial charge is 0.462 e. The second-order valence-corrected chi connectivity index (χ2v) is 6.51. The Labute approximate surface area is 150 Å². The number of hydrogen-bond donors (Lipinski definition) is 0. The van der Waals surface area contributed by atoms with Crippen LogP contribution in [0, 0.1) is 5.92 Å². The monoisotopic (exact) mass is 357 g/mol. The molecule has 2 aliphatic heterocycles. The maximum absolute atomic E-state index is 12.3. The van der Waals surface area contributed by atoms with Gasteiger partial charge in [-0.1, -0.05) is 32.9 Å². The van der Waals surface area contributed by atoms with Crippen molar-refractivity contribution in [1.82, 2.24) is 4.90 Å². The molecule has 1 fully saturated rings. The third-order valence-electron chi connectivity index (χ3n) is 4.12. The van der Waals surface area contributed by atoms with Crippen LogP contribution in [-0.4, -0.2) is 42.6 Å². The fraction of sp³-hybridized carbons (Fsp3) is 0.667. The van der Waals surface area contributed by atoms with Gasteiger partial charge in [-0.05, 0) is 31.6 Å². The van der Waals surface area contributed by atoms with Crippen molar-refractivity contribution in [3.63, 3.8) is 0 Å². The van der Waals surface area contributed by atoms with Crippen LogP contribution in [0.2, 0.25) is 0 Å². The summed E-state index contributed by atoms with van der Waals surface area (Å²) in [6.07, 6.45) is 7.57. The highest BCUT2D eigenvalue weighted by atomic mass is 35.5. The third kappa shape index (κ3) is 5.26. The lowest BCUT2D eigenvalue weighted by Gasteiger charge is -2.45. The zero-order valence-electron chi connectivity index (χ0n) is 14.7. The lowest BCUT2D eigenvalue weighted by molar-refractivity contribution is -0.144. The SMILES string of the molecule is CCC=C(COC(=O)C1=CCCC2CCN12)C(=O)OCC(C)C.Cl. The summed E-state index contributed by atoms with van der Waals surface area (Å²) in [5.41, 5.74) is 1.07. The Balaban J connectivity index is 0.00000288. The van der Waals surface area contributed by atoms with Crippen LogP contribution in [0.4, 0.5) is 0 Å². The zero-order chi connectivity index (χ0) is 16.8.